The maximum absolute atomic E-state index is 12.1. The molecule has 49 heavy (non-hydrogen) atoms. The van der Waals surface area contributed by atoms with Gasteiger partial charge in [0.15, 0.2) is 0 Å². The van der Waals surface area contributed by atoms with Crippen molar-refractivity contribution >= 4 is 16.2 Å². The van der Waals surface area contributed by atoms with Gasteiger partial charge in [0, 0.05) is 13.6 Å². The van der Waals surface area contributed by atoms with Crippen LogP contribution >= 0.6 is 0 Å². The summed E-state index contributed by atoms with van der Waals surface area (Å²) in [4.78, 5) is 13.5. The number of carbonyl (C=O) groups is 1. The number of amides is 1. The largest absolute Gasteiger partial charge is 0.444 e. The number of benzene rings is 1. The summed E-state index contributed by atoms with van der Waals surface area (Å²) in [5, 5.41) is 0. The predicted molar refractivity (Wildman–Crippen MR) is 181 cm³/mol. The zero-order valence-corrected chi connectivity index (χ0v) is 30.8. The van der Waals surface area contributed by atoms with Crippen molar-refractivity contribution in [3.05, 3.63) is 29.8 Å². The number of rotatable bonds is 32. The summed E-state index contributed by atoms with van der Waals surface area (Å²) in [5.41, 5.74) is 0.455. The molecule has 15 nitrogen and oxygen atoms in total. The number of likely N-dealkylation sites (N-methyl/N-ethyl adjacent to an activating group) is 1. The smallest absolute Gasteiger partial charge is 0.410 e. The van der Waals surface area contributed by atoms with Crippen LogP contribution in [0.1, 0.15) is 26.3 Å². The topological polar surface area (TPSA) is 156 Å². The minimum Gasteiger partial charge on any atom is -0.444 e. The molecule has 0 atom stereocenters. The van der Waals surface area contributed by atoms with E-state index in [4.69, 9.17) is 51.6 Å². The second-order valence-electron chi connectivity index (χ2n) is 11.5. The van der Waals surface area contributed by atoms with Crippen LogP contribution in [0.2, 0.25) is 0 Å². The van der Waals surface area contributed by atoms with Crippen LogP contribution in [-0.4, -0.2) is 164 Å². The summed E-state index contributed by atoms with van der Waals surface area (Å²) >= 11 is 0. The third-order valence-corrected chi connectivity index (χ3v) is 7.35. The van der Waals surface area contributed by atoms with Gasteiger partial charge in [0.1, 0.15) is 5.60 Å². The highest BCUT2D eigenvalue weighted by atomic mass is 32.2. The predicted octanol–water partition coefficient (Wildman–Crippen LogP) is 2.72. The molecule has 0 radical (unpaired) electrons. The number of carbonyl (C=O) groups excluding carboxylic acids is 1. The highest BCUT2D eigenvalue weighted by molar-refractivity contribution is 7.86. The molecule has 0 N–H and O–H groups in total. The molecular formula is C33H59NO14S. The number of ether oxygens (including phenoxy) is 10. The Morgan fingerprint density at radius 1 is 0.551 bits per heavy atom. The van der Waals surface area contributed by atoms with Crippen LogP contribution in [0.25, 0.3) is 0 Å². The van der Waals surface area contributed by atoms with E-state index in [-0.39, 0.29) is 24.2 Å². The van der Waals surface area contributed by atoms with Gasteiger partial charge < -0.3 is 52.3 Å². The van der Waals surface area contributed by atoms with Crippen molar-refractivity contribution in [2.45, 2.75) is 38.2 Å². The monoisotopic (exact) mass is 725 g/mol. The fraction of sp³-hybridized carbons (Fsp3) is 0.788. The summed E-state index contributed by atoms with van der Waals surface area (Å²) in [5.74, 6) is 0. The Morgan fingerprint density at radius 2 is 0.857 bits per heavy atom. The van der Waals surface area contributed by atoms with E-state index >= 15 is 0 Å². The molecule has 0 aromatic heterocycles. The molecule has 0 fully saturated rings. The molecule has 1 amide bonds. The summed E-state index contributed by atoms with van der Waals surface area (Å²) < 4.78 is 83.4. The van der Waals surface area contributed by atoms with Crippen molar-refractivity contribution in [3.63, 3.8) is 0 Å². The zero-order chi connectivity index (χ0) is 36.1. The standard InChI is InChI=1S/C33H59NO14S/c1-30-6-8-31(9-7-30)49(36,37)47-29-28-46-27-26-45-25-24-44-23-22-43-21-20-42-19-18-41-17-16-40-15-14-39-13-12-38-11-10-34(5)32(35)48-33(2,3)4/h6-9H,10-29H2,1-5H3. The molecule has 286 valence electrons. The van der Waals surface area contributed by atoms with E-state index in [1.54, 1.807) is 19.2 Å². The molecule has 1 rings (SSSR count). The van der Waals surface area contributed by atoms with Crippen molar-refractivity contribution in [1.29, 1.82) is 0 Å². The normalized spacial score (nSPS) is 12.0. The Bertz CT molecular complexity index is 1040. The lowest BCUT2D eigenvalue weighted by Crippen LogP contribution is -2.36. The second kappa shape index (κ2) is 28.7. The van der Waals surface area contributed by atoms with Gasteiger partial charge in [-0.1, -0.05) is 17.7 Å². The van der Waals surface area contributed by atoms with Crippen LogP contribution in [-0.2, 0) is 61.7 Å². The molecule has 0 aliphatic rings. The van der Waals surface area contributed by atoms with Gasteiger partial charge >= 0.3 is 6.09 Å². The first-order valence-corrected chi connectivity index (χ1v) is 18.0. The Labute approximate surface area is 292 Å². The average molecular weight is 726 g/mol. The van der Waals surface area contributed by atoms with E-state index in [9.17, 15) is 13.2 Å². The molecule has 0 aliphatic carbocycles. The molecule has 0 heterocycles. The van der Waals surface area contributed by atoms with E-state index in [1.165, 1.54) is 17.0 Å². The van der Waals surface area contributed by atoms with Crippen LogP contribution < -0.4 is 0 Å². The molecule has 0 bridgehead atoms. The van der Waals surface area contributed by atoms with Gasteiger partial charge in [0.2, 0.25) is 0 Å². The van der Waals surface area contributed by atoms with Crippen LogP contribution in [0.3, 0.4) is 0 Å². The lowest BCUT2D eigenvalue weighted by Gasteiger charge is -2.24. The number of aryl methyl sites for hydroxylation is 1. The zero-order valence-electron chi connectivity index (χ0n) is 30.0. The van der Waals surface area contributed by atoms with Crippen LogP contribution in [0, 0.1) is 6.92 Å². The fourth-order valence-electron chi connectivity index (χ4n) is 3.47. The molecule has 1 aromatic carbocycles. The molecule has 0 unspecified atom stereocenters. The Kier molecular flexibility index (Phi) is 26.4. The quantitative estimate of drug-likeness (QED) is 0.0789. The molecular weight excluding hydrogens is 666 g/mol. The van der Waals surface area contributed by atoms with Gasteiger partial charge in [-0.15, -0.1) is 0 Å². The third-order valence-electron chi connectivity index (χ3n) is 6.03. The third kappa shape index (κ3) is 27.4. The lowest BCUT2D eigenvalue weighted by atomic mass is 10.2. The van der Waals surface area contributed by atoms with E-state index in [1.807, 2.05) is 27.7 Å². The van der Waals surface area contributed by atoms with E-state index in [0.29, 0.717) is 119 Å². The van der Waals surface area contributed by atoms with Crippen molar-refractivity contribution in [3.8, 4) is 0 Å². The van der Waals surface area contributed by atoms with Crippen LogP contribution in [0.4, 0.5) is 4.79 Å². The molecule has 16 heteroatoms. The first-order chi connectivity index (χ1) is 23.5. The Balaban J connectivity index is 1.72. The summed E-state index contributed by atoms with van der Waals surface area (Å²) in [6, 6.07) is 6.47. The average Bonchev–Trinajstić information content (AvgIpc) is 3.05. The molecule has 0 saturated heterocycles. The number of hydrogen-bond acceptors (Lipinski definition) is 14. The molecule has 0 spiro atoms. The van der Waals surface area contributed by atoms with Gasteiger partial charge in [-0.05, 0) is 39.8 Å². The Morgan fingerprint density at radius 3 is 1.18 bits per heavy atom. The maximum Gasteiger partial charge on any atom is 0.410 e. The van der Waals surface area contributed by atoms with Gasteiger partial charge in [-0.2, -0.15) is 8.42 Å². The molecule has 1 aromatic rings. The fourth-order valence-corrected chi connectivity index (χ4v) is 4.36. The van der Waals surface area contributed by atoms with Gasteiger partial charge in [-0.25, -0.2) is 4.79 Å². The maximum atomic E-state index is 12.1. The minimum atomic E-state index is -3.78. The summed E-state index contributed by atoms with van der Waals surface area (Å²) in [6.07, 6.45) is -0.372. The van der Waals surface area contributed by atoms with Crippen LogP contribution in [0.15, 0.2) is 29.2 Å². The van der Waals surface area contributed by atoms with Gasteiger partial charge in [-0.3, -0.25) is 4.18 Å². The van der Waals surface area contributed by atoms with E-state index in [2.05, 4.69) is 0 Å². The number of nitrogens with zero attached hydrogens (tertiary/aromatic N) is 1. The van der Waals surface area contributed by atoms with E-state index < -0.39 is 15.7 Å². The van der Waals surface area contributed by atoms with Crippen molar-refractivity contribution in [2.24, 2.45) is 0 Å². The van der Waals surface area contributed by atoms with Crippen LogP contribution in [0.5, 0.6) is 0 Å². The van der Waals surface area contributed by atoms with Crippen molar-refractivity contribution in [1.82, 2.24) is 4.90 Å². The van der Waals surface area contributed by atoms with Gasteiger partial charge in [0.05, 0.1) is 130 Å². The molecule has 0 saturated carbocycles. The highest BCUT2D eigenvalue weighted by Gasteiger charge is 2.19. The van der Waals surface area contributed by atoms with E-state index in [0.717, 1.165) is 5.56 Å². The SMILES string of the molecule is Cc1ccc(S(=O)(=O)OCCOCCOCCOCCOCCOCCOCCOCCOCCOCCN(C)C(=O)OC(C)(C)C)cc1. The number of hydrogen-bond donors (Lipinski definition) is 0. The summed E-state index contributed by atoms with van der Waals surface area (Å²) in [6.45, 7) is 15.4. The first kappa shape index (κ1) is 45.1. The lowest BCUT2D eigenvalue weighted by molar-refractivity contribution is -0.0257. The second-order valence-corrected chi connectivity index (χ2v) is 13.1. The Hall–Kier alpha value is -1.96. The highest BCUT2D eigenvalue weighted by Crippen LogP contribution is 2.13. The minimum absolute atomic E-state index is 0.0639. The van der Waals surface area contributed by atoms with Gasteiger partial charge in [0.25, 0.3) is 10.1 Å². The first-order valence-electron chi connectivity index (χ1n) is 16.6. The van der Waals surface area contributed by atoms with Crippen molar-refractivity contribution in [2.75, 3.05) is 139 Å². The van der Waals surface area contributed by atoms with Crippen molar-refractivity contribution < 1.29 is 64.8 Å². The molecule has 0 aliphatic heterocycles. The summed E-state index contributed by atoms with van der Waals surface area (Å²) in [7, 11) is -2.10.